The van der Waals surface area contributed by atoms with E-state index < -0.39 is 0 Å². The minimum absolute atomic E-state index is 0. The summed E-state index contributed by atoms with van der Waals surface area (Å²) in [4.78, 5) is 22.1. The van der Waals surface area contributed by atoms with Crippen LogP contribution in [0.4, 0.5) is 0 Å². The van der Waals surface area contributed by atoms with Crippen molar-refractivity contribution in [1.29, 1.82) is 0 Å². The number of likely N-dealkylation sites (tertiary alicyclic amines) is 1. The van der Waals surface area contributed by atoms with Gasteiger partial charge in [-0.2, -0.15) is 0 Å². The maximum absolute atomic E-state index is 11.5. The molecule has 0 saturated carbocycles. The summed E-state index contributed by atoms with van der Waals surface area (Å²) in [7, 11) is 0. The Morgan fingerprint density at radius 1 is 1.33 bits per heavy atom. The molecule has 8 heteroatoms. The first-order valence-corrected chi connectivity index (χ1v) is 8.55. The van der Waals surface area contributed by atoms with E-state index in [-0.39, 0.29) is 24.0 Å². The van der Waals surface area contributed by atoms with Crippen LogP contribution in [-0.2, 0) is 11.3 Å². The average Bonchev–Trinajstić information content (AvgIpc) is 3.20. The Balaban J connectivity index is 0.00000288. The van der Waals surface area contributed by atoms with Crippen molar-refractivity contribution in [2.45, 2.75) is 39.2 Å². The third-order valence-electron chi connectivity index (χ3n) is 3.82. The lowest BCUT2D eigenvalue weighted by Crippen LogP contribution is -2.39. The van der Waals surface area contributed by atoms with Gasteiger partial charge in [0.2, 0.25) is 5.91 Å². The number of carbonyl (C=O) groups excluding carboxylic acids is 1. The van der Waals surface area contributed by atoms with Crippen LogP contribution >= 0.6 is 24.0 Å². The molecule has 1 aromatic rings. The lowest BCUT2D eigenvalue weighted by Gasteiger charge is -2.16. The number of nitrogens with one attached hydrogen (secondary N) is 2. The Kier molecular flexibility index (Phi) is 10.4. The number of aliphatic imine (C=N–C) groups is 1. The number of carbonyl (C=O) groups is 1. The van der Waals surface area contributed by atoms with Crippen molar-refractivity contribution in [3.05, 3.63) is 18.7 Å². The van der Waals surface area contributed by atoms with Crippen molar-refractivity contribution in [2.24, 2.45) is 4.99 Å². The first-order valence-electron chi connectivity index (χ1n) is 8.55. The maximum Gasteiger partial charge on any atom is 0.222 e. The van der Waals surface area contributed by atoms with E-state index in [4.69, 9.17) is 0 Å². The second-order valence-corrected chi connectivity index (χ2v) is 5.68. The molecule has 0 aromatic carbocycles. The van der Waals surface area contributed by atoms with Crippen molar-refractivity contribution in [2.75, 3.05) is 32.7 Å². The second kappa shape index (κ2) is 12.1. The number of imidazole rings is 1. The molecule has 1 amide bonds. The number of hydrogen-bond donors (Lipinski definition) is 2. The lowest BCUT2D eigenvalue weighted by molar-refractivity contribution is -0.127. The van der Waals surface area contributed by atoms with Crippen LogP contribution in [0.15, 0.2) is 23.7 Å². The van der Waals surface area contributed by atoms with Gasteiger partial charge in [0.05, 0.1) is 6.33 Å². The van der Waals surface area contributed by atoms with Gasteiger partial charge in [-0.1, -0.05) is 0 Å². The third kappa shape index (κ3) is 7.50. The Labute approximate surface area is 161 Å². The maximum atomic E-state index is 11.5. The van der Waals surface area contributed by atoms with Crippen LogP contribution in [0.2, 0.25) is 0 Å². The summed E-state index contributed by atoms with van der Waals surface area (Å²) >= 11 is 0. The van der Waals surface area contributed by atoms with Gasteiger partial charge in [0, 0.05) is 58.1 Å². The predicted molar refractivity (Wildman–Crippen MR) is 107 cm³/mol. The molecule has 2 rings (SSSR count). The number of amides is 1. The van der Waals surface area contributed by atoms with Gasteiger partial charge in [-0.25, -0.2) is 4.98 Å². The molecule has 0 spiro atoms. The molecular weight excluding hydrogens is 419 g/mol. The number of hydrogen-bond acceptors (Lipinski definition) is 3. The van der Waals surface area contributed by atoms with Gasteiger partial charge in [0.15, 0.2) is 5.96 Å². The Hall–Kier alpha value is -1.32. The minimum Gasteiger partial charge on any atom is -0.357 e. The zero-order valence-electron chi connectivity index (χ0n) is 14.4. The van der Waals surface area contributed by atoms with Crippen molar-refractivity contribution >= 4 is 35.8 Å². The van der Waals surface area contributed by atoms with E-state index in [1.807, 2.05) is 17.4 Å². The van der Waals surface area contributed by atoms with E-state index in [0.717, 1.165) is 64.5 Å². The van der Waals surface area contributed by atoms with E-state index >= 15 is 0 Å². The van der Waals surface area contributed by atoms with Gasteiger partial charge in [0.25, 0.3) is 0 Å². The van der Waals surface area contributed by atoms with Crippen LogP contribution in [0.1, 0.15) is 32.6 Å². The fourth-order valence-corrected chi connectivity index (χ4v) is 2.62. The Morgan fingerprint density at radius 3 is 2.88 bits per heavy atom. The summed E-state index contributed by atoms with van der Waals surface area (Å²) in [5.74, 6) is 1.15. The molecule has 0 unspecified atom stereocenters. The van der Waals surface area contributed by atoms with Crippen LogP contribution in [0.5, 0.6) is 0 Å². The fraction of sp³-hybridized carbons (Fsp3) is 0.688. The molecule has 0 atom stereocenters. The first kappa shape index (κ1) is 20.7. The molecule has 7 nitrogen and oxygen atoms in total. The van der Waals surface area contributed by atoms with Gasteiger partial charge in [-0.15, -0.1) is 24.0 Å². The van der Waals surface area contributed by atoms with Crippen LogP contribution in [0.3, 0.4) is 0 Å². The highest BCUT2D eigenvalue weighted by Crippen LogP contribution is 2.09. The van der Waals surface area contributed by atoms with E-state index in [1.165, 1.54) is 0 Å². The fourth-order valence-electron chi connectivity index (χ4n) is 2.62. The number of rotatable bonds is 9. The SMILES string of the molecule is CCNC(=NCCCn1ccnc1)NCCCN1CCCC1=O.I. The average molecular weight is 448 g/mol. The molecule has 1 saturated heterocycles. The van der Waals surface area contributed by atoms with Crippen molar-refractivity contribution in [3.63, 3.8) is 0 Å². The van der Waals surface area contributed by atoms with Gasteiger partial charge >= 0.3 is 0 Å². The van der Waals surface area contributed by atoms with Gasteiger partial charge in [-0.05, 0) is 26.2 Å². The van der Waals surface area contributed by atoms with Crippen LogP contribution in [-0.4, -0.2) is 59.0 Å². The van der Waals surface area contributed by atoms with E-state index in [2.05, 4.69) is 32.1 Å². The zero-order chi connectivity index (χ0) is 16.3. The standard InChI is InChI=1S/C16H28N6O.HI/c1-2-18-16(19-7-4-10-21-13-9-17-14-21)20-8-5-12-22-11-3-6-15(22)23;/h9,13-14H,2-8,10-12H2,1H3,(H2,18,19,20);1H. The highest BCUT2D eigenvalue weighted by atomic mass is 127. The summed E-state index contributed by atoms with van der Waals surface area (Å²) in [6.07, 6.45) is 9.24. The molecule has 1 aliphatic heterocycles. The van der Waals surface area contributed by atoms with Crippen LogP contribution in [0, 0.1) is 0 Å². The molecule has 1 fully saturated rings. The van der Waals surface area contributed by atoms with E-state index in [1.54, 1.807) is 6.20 Å². The molecule has 1 aromatic heterocycles. The monoisotopic (exact) mass is 448 g/mol. The summed E-state index contributed by atoms with van der Waals surface area (Å²) in [6, 6.07) is 0. The number of guanidine groups is 1. The van der Waals surface area contributed by atoms with E-state index in [0.29, 0.717) is 12.3 Å². The first-order chi connectivity index (χ1) is 11.3. The molecule has 0 radical (unpaired) electrons. The molecule has 2 N–H and O–H groups in total. The highest BCUT2D eigenvalue weighted by molar-refractivity contribution is 14.0. The molecule has 24 heavy (non-hydrogen) atoms. The Morgan fingerprint density at radius 2 is 2.21 bits per heavy atom. The summed E-state index contributed by atoms with van der Waals surface area (Å²) in [6.45, 7) is 7.20. The number of halogens is 1. The minimum atomic E-state index is 0. The van der Waals surface area contributed by atoms with Gasteiger partial charge in [-0.3, -0.25) is 9.79 Å². The van der Waals surface area contributed by atoms with Crippen molar-refractivity contribution in [3.8, 4) is 0 Å². The number of aromatic nitrogens is 2. The highest BCUT2D eigenvalue weighted by Gasteiger charge is 2.18. The quantitative estimate of drug-likeness (QED) is 0.260. The van der Waals surface area contributed by atoms with Crippen molar-refractivity contribution < 1.29 is 4.79 Å². The number of nitrogens with zero attached hydrogens (tertiary/aromatic N) is 4. The van der Waals surface area contributed by atoms with Crippen LogP contribution < -0.4 is 10.6 Å². The second-order valence-electron chi connectivity index (χ2n) is 5.68. The summed E-state index contributed by atoms with van der Waals surface area (Å²) < 4.78 is 2.06. The zero-order valence-corrected chi connectivity index (χ0v) is 16.7. The molecule has 0 bridgehead atoms. The molecular formula is C16H29IN6O. The summed E-state index contributed by atoms with van der Waals surface area (Å²) in [5, 5.41) is 6.59. The normalized spacial score (nSPS) is 14.6. The van der Waals surface area contributed by atoms with E-state index in [9.17, 15) is 4.79 Å². The topological polar surface area (TPSA) is 74.6 Å². The third-order valence-corrected chi connectivity index (χ3v) is 3.82. The Bertz CT molecular complexity index is 491. The van der Waals surface area contributed by atoms with Crippen molar-refractivity contribution in [1.82, 2.24) is 25.1 Å². The summed E-state index contributed by atoms with van der Waals surface area (Å²) in [5.41, 5.74) is 0. The molecule has 0 aliphatic carbocycles. The molecule has 136 valence electrons. The van der Waals surface area contributed by atoms with Gasteiger partial charge < -0.3 is 20.1 Å². The predicted octanol–water partition coefficient (Wildman–Crippen LogP) is 1.46. The van der Waals surface area contributed by atoms with Gasteiger partial charge in [0.1, 0.15) is 0 Å². The largest absolute Gasteiger partial charge is 0.357 e. The lowest BCUT2D eigenvalue weighted by atomic mass is 10.4. The number of aryl methyl sites for hydroxylation is 1. The smallest absolute Gasteiger partial charge is 0.222 e. The van der Waals surface area contributed by atoms with Crippen LogP contribution in [0.25, 0.3) is 0 Å². The molecule has 1 aliphatic rings. The molecule has 2 heterocycles.